The zero-order valence-corrected chi connectivity index (χ0v) is 18.1. The van der Waals surface area contributed by atoms with Crippen molar-refractivity contribution in [2.45, 2.75) is 46.3 Å². The lowest BCUT2D eigenvalue weighted by molar-refractivity contribution is 0.0898. The van der Waals surface area contributed by atoms with Gasteiger partial charge in [0, 0.05) is 46.5 Å². The average molecular weight is 375 g/mol. The van der Waals surface area contributed by atoms with Gasteiger partial charge in [-0.15, -0.1) is 0 Å². The van der Waals surface area contributed by atoms with E-state index in [2.05, 4.69) is 65.0 Å². The summed E-state index contributed by atoms with van der Waals surface area (Å²) in [5.41, 5.74) is 4.90. The van der Waals surface area contributed by atoms with Gasteiger partial charge in [0.25, 0.3) is 0 Å². The molecule has 3 rings (SSSR count). The summed E-state index contributed by atoms with van der Waals surface area (Å²) in [7, 11) is -1.04. The number of piperazine rings is 1. The number of rotatable bonds is 7. The Bertz CT molecular complexity index is 729. The summed E-state index contributed by atoms with van der Waals surface area (Å²) in [5.74, 6) is 0. The molecule has 26 heavy (non-hydrogen) atoms. The van der Waals surface area contributed by atoms with Gasteiger partial charge in [-0.3, -0.25) is 0 Å². The first-order valence-electron chi connectivity index (χ1n) is 9.88. The van der Waals surface area contributed by atoms with Crippen LogP contribution in [0.25, 0.3) is 11.0 Å². The number of fused-ring (bicyclic) bond motifs is 1. The van der Waals surface area contributed by atoms with Gasteiger partial charge in [0.15, 0.2) is 0 Å². The molecule has 0 radical (unpaired) electrons. The van der Waals surface area contributed by atoms with Gasteiger partial charge in [-0.25, -0.2) is 4.98 Å². The number of imidazole rings is 1. The van der Waals surface area contributed by atoms with Crippen molar-refractivity contribution in [3.05, 3.63) is 24.0 Å². The Morgan fingerprint density at radius 1 is 1.12 bits per heavy atom. The van der Waals surface area contributed by atoms with Crippen molar-refractivity contribution in [3.63, 3.8) is 0 Å². The molecule has 5 nitrogen and oxygen atoms in total. The maximum Gasteiger partial charge on any atom is 0.124 e. The van der Waals surface area contributed by atoms with Crippen LogP contribution in [-0.2, 0) is 11.5 Å². The zero-order chi connectivity index (χ0) is 18.7. The maximum absolute atomic E-state index is 5.94. The van der Waals surface area contributed by atoms with Crippen LogP contribution in [0.2, 0.25) is 25.7 Å². The first kappa shape index (κ1) is 19.4. The van der Waals surface area contributed by atoms with Crippen molar-refractivity contribution in [2.24, 2.45) is 0 Å². The second-order valence-electron chi connectivity index (χ2n) is 8.61. The Morgan fingerprint density at radius 2 is 1.85 bits per heavy atom. The second kappa shape index (κ2) is 8.11. The molecule has 0 bridgehead atoms. The summed E-state index contributed by atoms with van der Waals surface area (Å²) >= 11 is 0. The summed E-state index contributed by atoms with van der Waals surface area (Å²) in [6, 6.07) is 5.72. The number of aromatic nitrogens is 2. The molecule has 1 aromatic carbocycles. The fourth-order valence-corrected chi connectivity index (χ4v) is 4.24. The van der Waals surface area contributed by atoms with Crippen molar-refractivity contribution in [3.8, 4) is 0 Å². The Hall–Kier alpha value is -1.37. The lowest BCUT2D eigenvalue weighted by Gasteiger charge is -2.36. The monoisotopic (exact) mass is 374 g/mol. The normalized spacial score (nSPS) is 16.6. The van der Waals surface area contributed by atoms with Gasteiger partial charge in [-0.05, 0) is 37.2 Å². The van der Waals surface area contributed by atoms with E-state index < -0.39 is 8.07 Å². The average Bonchev–Trinajstić information content (AvgIpc) is 2.99. The Labute approximate surface area is 159 Å². The highest BCUT2D eigenvalue weighted by molar-refractivity contribution is 6.76. The van der Waals surface area contributed by atoms with Crippen molar-refractivity contribution in [2.75, 3.05) is 44.2 Å². The molecule has 1 saturated heterocycles. The molecule has 2 heterocycles. The number of hydrogen-bond donors (Lipinski definition) is 0. The predicted molar refractivity (Wildman–Crippen MR) is 113 cm³/mol. The smallest absolute Gasteiger partial charge is 0.124 e. The molecule has 0 amide bonds. The van der Waals surface area contributed by atoms with Crippen molar-refractivity contribution < 1.29 is 4.74 Å². The lowest BCUT2D eigenvalue weighted by atomic mass is 10.1. The summed E-state index contributed by atoms with van der Waals surface area (Å²) in [6.07, 6.45) is 1.91. The van der Waals surface area contributed by atoms with Crippen LogP contribution in [0, 0.1) is 6.92 Å². The maximum atomic E-state index is 5.94. The molecule has 0 saturated carbocycles. The van der Waals surface area contributed by atoms with E-state index in [0.717, 1.165) is 44.8 Å². The van der Waals surface area contributed by atoms with E-state index in [1.807, 2.05) is 6.33 Å². The molecule has 0 N–H and O–H groups in total. The highest BCUT2D eigenvalue weighted by Crippen LogP contribution is 2.27. The Balaban J connectivity index is 1.72. The molecule has 1 aliphatic rings. The molecule has 0 unspecified atom stereocenters. The van der Waals surface area contributed by atoms with Crippen LogP contribution in [0.1, 0.15) is 12.5 Å². The number of benzene rings is 1. The number of hydrogen-bond acceptors (Lipinski definition) is 4. The van der Waals surface area contributed by atoms with Gasteiger partial charge in [0.1, 0.15) is 6.73 Å². The van der Waals surface area contributed by atoms with Gasteiger partial charge in [-0.2, -0.15) is 0 Å². The lowest BCUT2D eigenvalue weighted by Crippen LogP contribution is -2.46. The molecular formula is C20H34N4OSi. The largest absolute Gasteiger partial charge is 0.369 e. The number of ether oxygens (including phenoxy) is 1. The zero-order valence-electron chi connectivity index (χ0n) is 17.1. The first-order chi connectivity index (χ1) is 12.4. The van der Waals surface area contributed by atoms with Gasteiger partial charge in [0.2, 0.25) is 0 Å². The number of aryl methyl sites for hydroxylation is 1. The van der Waals surface area contributed by atoms with Crippen LogP contribution in [0.5, 0.6) is 0 Å². The van der Waals surface area contributed by atoms with E-state index in [-0.39, 0.29) is 0 Å². The molecule has 1 aromatic heterocycles. The second-order valence-corrected chi connectivity index (χ2v) is 14.2. The van der Waals surface area contributed by atoms with Gasteiger partial charge >= 0.3 is 0 Å². The molecule has 0 aliphatic carbocycles. The van der Waals surface area contributed by atoms with Gasteiger partial charge in [0.05, 0.1) is 17.4 Å². The number of anilines is 1. The van der Waals surface area contributed by atoms with Gasteiger partial charge < -0.3 is 19.1 Å². The van der Waals surface area contributed by atoms with Gasteiger partial charge in [-0.1, -0.05) is 26.6 Å². The quantitative estimate of drug-likeness (QED) is 0.545. The van der Waals surface area contributed by atoms with Crippen LogP contribution in [0.3, 0.4) is 0 Å². The highest BCUT2D eigenvalue weighted by atomic mass is 28.3. The standard InChI is InChI=1S/C20H34N4OSi/c1-6-22-7-9-23(10-8-22)19-14-20-18(13-17(19)2)21-15-24(20)16-25-11-12-26(3,4)5/h13-15H,6-12,16H2,1-5H3. The molecule has 144 valence electrons. The minimum Gasteiger partial charge on any atom is -0.369 e. The third kappa shape index (κ3) is 4.67. The minimum atomic E-state index is -1.04. The summed E-state index contributed by atoms with van der Waals surface area (Å²) in [6.45, 7) is 18.7. The van der Waals surface area contributed by atoms with E-state index in [4.69, 9.17) is 4.74 Å². The van der Waals surface area contributed by atoms with E-state index >= 15 is 0 Å². The summed E-state index contributed by atoms with van der Waals surface area (Å²) in [4.78, 5) is 9.62. The van der Waals surface area contributed by atoms with Crippen LogP contribution in [0.15, 0.2) is 18.5 Å². The molecule has 1 fully saturated rings. The third-order valence-electron chi connectivity index (χ3n) is 5.33. The first-order valence-corrected chi connectivity index (χ1v) is 13.6. The van der Waals surface area contributed by atoms with E-state index in [0.29, 0.717) is 6.73 Å². The molecule has 0 spiro atoms. The molecule has 1 aliphatic heterocycles. The molecular weight excluding hydrogens is 340 g/mol. The number of likely N-dealkylation sites (N-methyl/N-ethyl adjacent to an activating group) is 1. The van der Waals surface area contributed by atoms with Crippen molar-refractivity contribution >= 4 is 24.8 Å². The SMILES string of the molecule is CCN1CCN(c2cc3c(cc2C)ncn3COCC[Si](C)(C)C)CC1. The topological polar surface area (TPSA) is 33.5 Å². The molecule has 0 atom stereocenters. The Morgan fingerprint density at radius 3 is 2.50 bits per heavy atom. The van der Waals surface area contributed by atoms with Crippen LogP contribution in [0.4, 0.5) is 5.69 Å². The van der Waals surface area contributed by atoms with Crippen LogP contribution >= 0.6 is 0 Å². The predicted octanol–water partition coefficient (Wildman–Crippen LogP) is 3.80. The highest BCUT2D eigenvalue weighted by Gasteiger charge is 2.19. The van der Waals surface area contributed by atoms with E-state index in [1.54, 1.807) is 0 Å². The van der Waals surface area contributed by atoms with Crippen LogP contribution in [-0.4, -0.2) is 61.9 Å². The van der Waals surface area contributed by atoms with Crippen molar-refractivity contribution in [1.29, 1.82) is 0 Å². The molecule has 2 aromatic rings. The van der Waals surface area contributed by atoms with E-state index in [9.17, 15) is 0 Å². The fraction of sp³-hybridized carbons (Fsp3) is 0.650. The van der Waals surface area contributed by atoms with Crippen molar-refractivity contribution in [1.82, 2.24) is 14.5 Å². The number of nitrogens with zero attached hydrogens (tertiary/aromatic N) is 4. The third-order valence-corrected chi connectivity index (χ3v) is 7.03. The van der Waals surface area contributed by atoms with E-state index in [1.165, 1.54) is 22.8 Å². The summed E-state index contributed by atoms with van der Waals surface area (Å²) < 4.78 is 8.09. The fourth-order valence-electron chi connectivity index (χ4n) is 3.49. The Kier molecular flexibility index (Phi) is 6.05. The van der Waals surface area contributed by atoms with Crippen LogP contribution < -0.4 is 4.90 Å². The summed E-state index contributed by atoms with van der Waals surface area (Å²) in [5, 5.41) is 0. The molecule has 6 heteroatoms. The minimum absolute atomic E-state index is 0.590.